The van der Waals surface area contributed by atoms with E-state index in [1.807, 2.05) is 13.0 Å². The van der Waals surface area contributed by atoms with Gasteiger partial charge in [-0.2, -0.15) is 5.26 Å². The molecule has 1 aliphatic heterocycles. The lowest BCUT2D eigenvalue weighted by atomic mass is 10.1. The van der Waals surface area contributed by atoms with Gasteiger partial charge in [-0.3, -0.25) is 4.79 Å². The van der Waals surface area contributed by atoms with E-state index in [0.717, 1.165) is 18.4 Å². The van der Waals surface area contributed by atoms with Crippen molar-refractivity contribution in [2.75, 3.05) is 6.61 Å². The molecule has 1 aliphatic rings. The highest BCUT2D eigenvalue weighted by Crippen LogP contribution is 2.30. The first-order chi connectivity index (χ1) is 11.2. The van der Waals surface area contributed by atoms with Crippen LogP contribution in [0, 0.1) is 11.3 Å². The van der Waals surface area contributed by atoms with Crippen LogP contribution < -0.4 is 5.32 Å². The molecule has 1 saturated heterocycles. The van der Waals surface area contributed by atoms with E-state index in [2.05, 4.69) is 16.4 Å². The maximum absolute atomic E-state index is 12.5. The van der Waals surface area contributed by atoms with Crippen LogP contribution in [-0.4, -0.2) is 17.5 Å². The minimum atomic E-state index is -0.306. The molecule has 3 rings (SSSR count). The summed E-state index contributed by atoms with van der Waals surface area (Å²) in [7, 11) is 0. The zero-order valence-corrected chi connectivity index (χ0v) is 12.8. The second-order valence-corrected chi connectivity index (χ2v) is 5.50. The molecule has 2 atom stereocenters. The normalized spacial score (nSPS) is 18.3. The van der Waals surface area contributed by atoms with Gasteiger partial charge in [-0.15, -0.1) is 0 Å². The molecule has 1 aromatic heterocycles. The summed E-state index contributed by atoms with van der Waals surface area (Å²) < 4.78 is 10.9. The average Bonchev–Trinajstić information content (AvgIpc) is 3.25. The number of nitriles is 1. The fourth-order valence-corrected chi connectivity index (χ4v) is 2.66. The first-order valence-electron chi connectivity index (χ1n) is 7.55. The molecule has 118 valence electrons. The van der Waals surface area contributed by atoms with Crippen molar-refractivity contribution in [1.82, 2.24) is 10.3 Å². The molecule has 2 heterocycles. The monoisotopic (exact) mass is 311 g/mol. The van der Waals surface area contributed by atoms with Gasteiger partial charge in [0, 0.05) is 6.61 Å². The van der Waals surface area contributed by atoms with Crippen LogP contribution in [0.1, 0.15) is 59.3 Å². The number of hydrogen-bond donors (Lipinski definition) is 1. The van der Waals surface area contributed by atoms with Crippen molar-refractivity contribution < 1.29 is 13.9 Å². The van der Waals surface area contributed by atoms with Crippen molar-refractivity contribution in [1.29, 1.82) is 5.26 Å². The second kappa shape index (κ2) is 6.63. The van der Waals surface area contributed by atoms with Crippen molar-refractivity contribution in [2.24, 2.45) is 0 Å². The molecule has 0 spiro atoms. The summed E-state index contributed by atoms with van der Waals surface area (Å²) in [5, 5.41) is 11.8. The highest BCUT2D eigenvalue weighted by molar-refractivity contribution is 5.93. The van der Waals surface area contributed by atoms with Crippen LogP contribution in [0.15, 0.2) is 35.1 Å². The van der Waals surface area contributed by atoms with Crippen LogP contribution in [0.4, 0.5) is 0 Å². The standard InChI is InChI=1S/C17H17N3O3/c1-11(13-5-2-4-12(8-13)9-18)20-17(21)15-16(23-10-19-15)14-6-3-7-22-14/h2,4-5,8,10-11,14H,3,6-7H2,1H3,(H,20,21). The molecular weight excluding hydrogens is 294 g/mol. The quantitative estimate of drug-likeness (QED) is 0.938. The van der Waals surface area contributed by atoms with Crippen molar-refractivity contribution in [3.8, 4) is 6.07 Å². The van der Waals surface area contributed by atoms with Crippen molar-refractivity contribution in [3.63, 3.8) is 0 Å². The van der Waals surface area contributed by atoms with Gasteiger partial charge in [-0.25, -0.2) is 4.98 Å². The molecule has 6 heteroatoms. The van der Waals surface area contributed by atoms with Crippen LogP contribution in [0.2, 0.25) is 0 Å². The van der Waals surface area contributed by atoms with Gasteiger partial charge in [-0.05, 0) is 37.5 Å². The Morgan fingerprint density at radius 2 is 2.39 bits per heavy atom. The number of aromatic nitrogens is 1. The van der Waals surface area contributed by atoms with Gasteiger partial charge in [0.2, 0.25) is 0 Å². The molecule has 0 bridgehead atoms. The number of carbonyl (C=O) groups is 1. The first-order valence-corrected chi connectivity index (χ1v) is 7.55. The number of oxazole rings is 1. The molecule has 6 nitrogen and oxygen atoms in total. The van der Waals surface area contributed by atoms with E-state index in [1.165, 1.54) is 6.39 Å². The molecule has 0 radical (unpaired) electrons. The lowest BCUT2D eigenvalue weighted by Gasteiger charge is -2.15. The molecule has 1 N–H and O–H groups in total. The summed E-state index contributed by atoms with van der Waals surface area (Å²) in [4.78, 5) is 16.5. The van der Waals surface area contributed by atoms with Crippen LogP contribution in [0.5, 0.6) is 0 Å². The zero-order valence-electron chi connectivity index (χ0n) is 12.8. The maximum Gasteiger partial charge on any atom is 0.274 e. The highest BCUT2D eigenvalue weighted by Gasteiger charge is 2.28. The molecule has 23 heavy (non-hydrogen) atoms. The zero-order chi connectivity index (χ0) is 16.2. The summed E-state index contributed by atoms with van der Waals surface area (Å²) in [6.45, 7) is 2.53. The van der Waals surface area contributed by atoms with Gasteiger partial charge in [0.1, 0.15) is 6.10 Å². The van der Waals surface area contributed by atoms with Crippen molar-refractivity contribution in [2.45, 2.75) is 31.9 Å². The molecule has 1 aromatic carbocycles. The van der Waals surface area contributed by atoms with Crippen LogP contribution in [-0.2, 0) is 4.74 Å². The summed E-state index contributed by atoms with van der Waals surface area (Å²) in [5.41, 5.74) is 1.69. The number of nitrogens with one attached hydrogen (secondary N) is 1. The van der Waals surface area contributed by atoms with Gasteiger partial charge in [0.15, 0.2) is 17.8 Å². The molecule has 1 fully saturated rings. The predicted octanol–water partition coefficient (Wildman–Crippen LogP) is 2.89. The van der Waals surface area contributed by atoms with Gasteiger partial charge in [0.05, 0.1) is 17.7 Å². The predicted molar refractivity (Wildman–Crippen MR) is 81.5 cm³/mol. The Bertz CT molecular complexity index is 742. The van der Waals surface area contributed by atoms with E-state index in [-0.39, 0.29) is 23.7 Å². The number of benzene rings is 1. The molecule has 2 unspecified atom stereocenters. The molecule has 0 aliphatic carbocycles. The number of carbonyl (C=O) groups excluding carboxylic acids is 1. The lowest BCUT2D eigenvalue weighted by Crippen LogP contribution is -2.28. The number of ether oxygens (including phenoxy) is 1. The lowest BCUT2D eigenvalue weighted by molar-refractivity contribution is 0.0854. The maximum atomic E-state index is 12.5. The number of amides is 1. The number of rotatable bonds is 4. The van der Waals surface area contributed by atoms with Crippen molar-refractivity contribution in [3.05, 3.63) is 53.2 Å². The van der Waals surface area contributed by atoms with Gasteiger partial charge >= 0.3 is 0 Å². The summed E-state index contributed by atoms with van der Waals surface area (Å²) in [6, 6.07) is 9.00. The van der Waals surface area contributed by atoms with Crippen LogP contribution in [0.3, 0.4) is 0 Å². The molecule has 2 aromatic rings. The fraction of sp³-hybridized carbons (Fsp3) is 0.353. The molecular formula is C17H17N3O3. The summed E-state index contributed by atoms with van der Waals surface area (Å²) in [6.07, 6.45) is 2.85. The van der Waals surface area contributed by atoms with E-state index >= 15 is 0 Å². The SMILES string of the molecule is CC(NC(=O)c1ncoc1C1CCCO1)c1cccc(C#N)c1. The van der Waals surface area contributed by atoms with Crippen LogP contribution >= 0.6 is 0 Å². The third-order valence-electron chi connectivity index (χ3n) is 3.90. The van der Waals surface area contributed by atoms with Gasteiger partial charge < -0.3 is 14.5 Å². The molecule has 0 saturated carbocycles. The first kappa shape index (κ1) is 15.3. The third kappa shape index (κ3) is 3.25. The Balaban J connectivity index is 1.74. The molecule has 1 amide bonds. The van der Waals surface area contributed by atoms with E-state index in [9.17, 15) is 4.79 Å². The van der Waals surface area contributed by atoms with E-state index in [4.69, 9.17) is 14.4 Å². The Kier molecular flexibility index (Phi) is 4.40. The minimum Gasteiger partial charge on any atom is -0.445 e. The topological polar surface area (TPSA) is 88.2 Å². The summed E-state index contributed by atoms with van der Waals surface area (Å²) in [5.74, 6) is 0.178. The summed E-state index contributed by atoms with van der Waals surface area (Å²) >= 11 is 0. The van der Waals surface area contributed by atoms with E-state index in [0.29, 0.717) is 17.9 Å². The van der Waals surface area contributed by atoms with Gasteiger partial charge in [-0.1, -0.05) is 12.1 Å². The number of hydrogen-bond acceptors (Lipinski definition) is 5. The smallest absolute Gasteiger partial charge is 0.274 e. The van der Waals surface area contributed by atoms with E-state index in [1.54, 1.807) is 18.2 Å². The Hall–Kier alpha value is -2.65. The second-order valence-electron chi connectivity index (χ2n) is 5.50. The Morgan fingerprint density at radius 1 is 1.52 bits per heavy atom. The van der Waals surface area contributed by atoms with E-state index < -0.39 is 0 Å². The highest BCUT2D eigenvalue weighted by atomic mass is 16.5. The van der Waals surface area contributed by atoms with Crippen LogP contribution in [0.25, 0.3) is 0 Å². The third-order valence-corrected chi connectivity index (χ3v) is 3.90. The minimum absolute atomic E-state index is 0.199. The van der Waals surface area contributed by atoms with Gasteiger partial charge in [0.25, 0.3) is 5.91 Å². The fourth-order valence-electron chi connectivity index (χ4n) is 2.66. The Labute approximate surface area is 134 Å². The average molecular weight is 311 g/mol. The largest absolute Gasteiger partial charge is 0.445 e. The van der Waals surface area contributed by atoms with Crippen molar-refractivity contribution >= 4 is 5.91 Å². The number of nitrogens with zero attached hydrogens (tertiary/aromatic N) is 2. The Morgan fingerprint density at radius 3 is 3.13 bits per heavy atom.